The number of aryl methyl sites for hydroxylation is 2. The van der Waals surface area contributed by atoms with Gasteiger partial charge in [0.05, 0.1) is 3.79 Å². The van der Waals surface area contributed by atoms with Gasteiger partial charge in [0, 0.05) is 41.3 Å². The van der Waals surface area contributed by atoms with Gasteiger partial charge in [-0.1, -0.05) is 0 Å². The van der Waals surface area contributed by atoms with Crippen LogP contribution >= 0.6 is 43.2 Å². The summed E-state index contributed by atoms with van der Waals surface area (Å²) in [7, 11) is 2.01. The summed E-state index contributed by atoms with van der Waals surface area (Å²) in [6.45, 7) is 0. The van der Waals surface area contributed by atoms with Crippen LogP contribution < -0.4 is 5.73 Å². The molecule has 3 nitrogen and oxygen atoms in total. The van der Waals surface area contributed by atoms with Crippen molar-refractivity contribution < 1.29 is 0 Å². The summed E-state index contributed by atoms with van der Waals surface area (Å²) < 4.78 is 4.21. The normalized spacial score (nSPS) is 12.9. The maximum absolute atomic E-state index is 6.18. The number of hydrogen-bond acceptors (Lipinski definition) is 3. The minimum Gasteiger partial charge on any atom is -0.338 e. The fourth-order valence-electron chi connectivity index (χ4n) is 1.61. The Morgan fingerprint density at radius 1 is 1.53 bits per heavy atom. The Balaban J connectivity index is 1.98. The van der Waals surface area contributed by atoms with Crippen LogP contribution in [0.25, 0.3) is 0 Å². The third-order valence-electron chi connectivity index (χ3n) is 2.63. The molecule has 0 aliphatic heterocycles. The SMILES string of the molecule is Cn1ccnc1CCC(N)c1cc(Br)c(Br)s1. The van der Waals surface area contributed by atoms with Crippen LogP contribution in [0.4, 0.5) is 0 Å². The van der Waals surface area contributed by atoms with Gasteiger partial charge in [-0.15, -0.1) is 11.3 Å². The van der Waals surface area contributed by atoms with Crippen LogP contribution in [0.5, 0.6) is 0 Å². The van der Waals surface area contributed by atoms with E-state index < -0.39 is 0 Å². The van der Waals surface area contributed by atoms with Crippen molar-refractivity contribution in [3.8, 4) is 0 Å². The van der Waals surface area contributed by atoms with Crippen LogP contribution in [0.3, 0.4) is 0 Å². The van der Waals surface area contributed by atoms with E-state index in [4.69, 9.17) is 5.73 Å². The maximum atomic E-state index is 6.18. The molecule has 17 heavy (non-hydrogen) atoms. The lowest BCUT2D eigenvalue weighted by molar-refractivity contribution is 0.628. The minimum atomic E-state index is 0.0688. The molecule has 1 atom stereocenters. The Bertz CT molecular complexity index is 487. The van der Waals surface area contributed by atoms with Crippen LogP contribution in [0.2, 0.25) is 0 Å². The Kier molecular flexibility index (Phi) is 4.41. The van der Waals surface area contributed by atoms with Gasteiger partial charge in [-0.3, -0.25) is 0 Å². The van der Waals surface area contributed by atoms with Gasteiger partial charge in [-0.25, -0.2) is 4.98 Å². The van der Waals surface area contributed by atoms with E-state index in [1.165, 1.54) is 4.88 Å². The van der Waals surface area contributed by atoms with Gasteiger partial charge in [0.2, 0.25) is 0 Å². The molecule has 2 heterocycles. The average Bonchev–Trinajstić information content (AvgIpc) is 2.83. The van der Waals surface area contributed by atoms with Gasteiger partial charge in [-0.05, 0) is 44.3 Å². The minimum absolute atomic E-state index is 0.0688. The van der Waals surface area contributed by atoms with Crippen molar-refractivity contribution in [1.29, 1.82) is 0 Å². The Hall–Kier alpha value is -0.170. The first-order valence-corrected chi connectivity index (χ1v) is 7.64. The van der Waals surface area contributed by atoms with Crippen LogP contribution in [-0.4, -0.2) is 9.55 Å². The molecule has 0 aliphatic carbocycles. The first kappa shape index (κ1) is 13.3. The molecule has 2 rings (SSSR count). The van der Waals surface area contributed by atoms with Crippen molar-refractivity contribution in [3.05, 3.63) is 37.4 Å². The number of thiophene rings is 1. The number of imidazole rings is 1. The van der Waals surface area contributed by atoms with Crippen molar-refractivity contribution in [2.75, 3.05) is 0 Å². The molecule has 2 aromatic heterocycles. The Morgan fingerprint density at radius 3 is 2.82 bits per heavy atom. The summed E-state index contributed by atoms with van der Waals surface area (Å²) in [6, 6.07) is 2.15. The Labute approximate surface area is 121 Å². The van der Waals surface area contributed by atoms with Crippen LogP contribution in [0.15, 0.2) is 26.7 Å². The van der Waals surface area contributed by atoms with Crippen LogP contribution in [-0.2, 0) is 13.5 Å². The smallest absolute Gasteiger partial charge is 0.108 e. The zero-order valence-electron chi connectivity index (χ0n) is 9.36. The number of nitrogens with two attached hydrogens (primary N) is 1. The van der Waals surface area contributed by atoms with Crippen LogP contribution in [0.1, 0.15) is 23.2 Å². The topological polar surface area (TPSA) is 43.8 Å². The fourth-order valence-corrected chi connectivity index (χ4v) is 3.74. The quantitative estimate of drug-likeness (QED) is 0.882. The third-order valence-corrected chi connectivity index (χ3v) is 6.02. The molecule has 0 bridgehead atoms. The van der Waals surface area contributed by atoms with E-state index >= 15 is 0 Å². The molecule has 0 saturated heterocycles. The highest BCUT2D eigenvalue weighted by atomic mass is 79.9. The van der Waals surface area contributed by atoms with Gasteiger partial charge in [0.15, 0.2) is 0 Å². The summed E-state index contributed by atoms with van der Waals surface area (Å²) in [5.74, 6) is 1.08. The molecule has 0 aliphatic rings. The second-order valence-electron chi connectivity index (χ2n) is 3.87. The lowest BCUT2D eigenvalue weighted by atomic mass is 10.1. The number of nitrogens with zero attached hydrogens (tertiary/aromatic N) is 2. The monoisotopic (exact) mass is 377 g/mol. The van der Waals surface area contributed by atoms with Gasteiger partial charge in [0.25, 0.3) is 0 Å². The van der Waals surface area contributed by atoms with Crippen LogP contribution in [0, 0.1) is 0 Å². The van der Waals surface area contributed by atoms with Crippen molar-refractivity contribution >= 4 is 43.2 Å². The lowest BCUT2D eigenvalue weighted by Gasteiger charge is -2.08. The van der Waals surface area contributed by atoms with Gasteiger partial charge < -0.3 is 10.3 Å². The molecule has 2 aromatic rings. The molecule has 0 amide bonds. The van der Waals surface area contributed by atoms with Gasteiger partial charge in [0.1, 0.15) is 5.82 Å². The van der Waals surface area contributed by atoms with Crippen molar-refractivity contribution in [2.24, 2.45) is 12.8 Å². The second-order valence-corrected chi connectivity index (χ2v) is 7.13. The number of halogens is 2. The summed E-state index contributed by atoms with van der Waals surface area (Å²) in [4.78, 5) is 5.49. The average molecular weight is 379 g/mol. The highest BCUT2D eigenvalue weighted by Gasteiger charge is 2.12. The fraction of sp³-hybridized carbons (Fsp3) is 0.364. The molecule has 0 radical (unpaired) electrons. The molecule has 0 fully saturated rings. The maximum Gasteiger partial charge on any atom is 0.108 e. The van der Waals surface area contributed by atoms with E-state index in [-0.39, 0.29) is 6.04 Å². The van der Waals surface area contributed by atoms with Crippen molar-refractivity contribution in [2.45, 2.75) is 18.9 Å². The van der Waals surface area contributed by atoms with Gasteiger partial charge in [-0.2, -0.15) is 0 Å². The third kappa shape index (κ3) is 3.19. The largest absolute Gasteiger partial charge is 0.338 e. The number of hydrogen-bond donors (Lipinski definition) is 1. The summed E-state index contributed by atoms with van der Waals surface area (Å²) in [5.41, 5.74) is 6.18. The van der Waals surface area contributed by atoms with E-state index in [1.54, 1.807) is 11.3 Å². The highest BCUT2D eigenvalue weighted by Crippen LogP contribution is 2.35. The summed E-state index contributed by atoms with van der Waals surface area (Å²) in [6.07, 6.45) is 5.58. The van der Waals surface area contributed by atoms with E-state index in [0.29, 0.717) is 0 Å². The molecule has 92 valence electrons. The second kappa shape index (κ2) is 5.65. The van der Waals surface area contributed by atoms with E-state index in [0.717, 1.165) is 26.9 Å². The lowest BCUT2D eigenvalue weighted by Crippen LogP contribution is -2.11. The molecule has 1 unspecified atom stereocenters. The highest BCUT2D eigenvalue weighted by molar-refractivity contribution is 9.13. The molecule has 2 N–H and O–H groups in total. The molecule has 0 saturated carbocycles. The van der Waals surface area contributed by atoms with E-state index in [1.807, 2.05) is 24.0 Å². The first-order valence-electron chi connectivity index (χ1n) is 5.24. The predicted molar refractivity (Wildman–Crippen MR) is 78.2 cm³/mol. The summed E-state index contributed by atoms with van der Waals surface area (Å²) in [5, 5.41) is 0. The molecule has 6 heteroatoms. The van der Waals surface area contributed by atoms with Gasteiger partial charge >= 0.3 is 0 Å². The number of aromatic nitrogens is 2. The predicted octanol–water partition coefficient (Wildman–Crippen LogP) is 3.64. The Morgan fingerprint density at radius 2 is 2.29 bits per heavy atom. The van der Waals surface area contributed by atoms with E-state index in [9.17, 15) is 0 Å². The van der Waals surface area contributed by atoms with E-state index in [2.05, 4.69) is 42.9 Å². The molecule has 0 spiro atoms. The van der Waals surface area contributed by atoms with Crippen molar-refractivity contribution in [1.82, 2.24) is 9.55 Å². The molecular weight excluding hydrogens is 366 g/mol. The standard InChI is InChI=1S/C11H13Br2N3S/c1-16-5-4-15-10(16)3-2-8(14)9-6-7(12)11(13)17-9/h4-6,8H,2-3,14H2,1H3. The molecular formula is C11H13Br2N3S. The van der Waals surface area contributed by atoms with Crippen molar-refractivity contribution in [3.63, 3.8) is 0 Å². The molecule has 0 aromatic carbocycles. The first-order chi connectivity index (χ1) is 8.08. The summed E-state index contributed by atoms with van der Waals surface area (Å²) >= 11 is 8.64. The number of rotatable bonds is 4. The zero-order chi connectivity index (χ0) is 12.4. The zero-order valence-corrected chi connectivity index (χ0v) is 13.3.